The Labute approximate surface area is 184 Å². The maximum atomic E-state index is 5.69. The summed E-state index contributed by atoms with van der Waals surface area (Å²) in [4.78, 5) is 0. The smallest absolute Gasteiger partial charge is 0.0709 e. The van der Waals surface area contributed by atoms with Crippen LogP contribution in [0.5, 0.6) is 0 Å². The van der Waals surface area contributed by atoms with Gasteiger partial charge in [0.2, 0.25) is 0 Å². The number of aryl methyl sites for hydroxylation is 2. The lowest BCUT2D eigenvalue weighted by Crippen LogP contribution is -2.08. The number of benzene rings is 1. The van der Waals surface area contributed by atoms with E-state index < -0.39 is 0 Å². The van der Waals surface area contributed by atoms with Gasteiger partial charge in [0.1, 0.15) is 0 Å². The fourth-order valence-corrected chi connectivity index (χ4v) is 4.17. The van der Waals surface area contributed by atoms with Crippen LogP contribution in [-0.4, -0.2) is 22.9 Å². The molecule has 0 fully saturated rings. The Hall–Kier alpha value is -1.74. The average Bonchev–Trinajstić information content (AvgIpc) is 2.76. The first kappa shape index (κ1) is 24.5. The number of hydrogen-bond acceptors (Lipinski definition) is 3. The van der Waals surface area contributed by atoms with Crippen molar-refractivity contribution in [1.29, 1.82) is 0 Å². The Morgan fingerprint density at radius 3 is 2.30 bits per heavy atom. The van der Waals surface area contributed by atoms with Gasteiger partial charge in [0.05, 0.1) is 18.0 Å². The monoisotopic (exact) mass is 410 g/mol. The maximum absolute atomic E-state index is 5.69. The minimum absolute atomic E-state index is 0.335. The van der Waals surface area contributed by atoms with Gasteiger partial charge in [-0.3, -0.25) is 0 Å². The van der Waals surface area contributed by atoms with Crippen molar-refractivity contribution in [2.75, 3.05) is 6.61 Å². The third-order valence-electron chi connectivity index (χ3n) is 5.88. The molecule has 2 rings (SSSR count). The van der Waals surface area contributed by atoms with Gasteiger partial charge < -0.3 is 4.74 Å². The maximum Gasteiger partial charge on any atom is 0.0709 e. The van der Waals surface area contributed by atoms with Crippen LogP contribution in [0, 0.1) is 0 Å². The summed E-state index contributed by atoms with van der Waals surface area (Å²) in [5.41, 5.74) is 5.15. The molecule has 0 spiro atoms. The molecule has 0 saturated carbocycles. The molecule has 166 valence electrons. The minimum atomic E-state index is 0.335. The molecular formula is C27H42N2O. The lowest BCUT2D eigenvalue weighted by Gasteiger charge is -2.14. The lowest BCUT2D eigenvalue weighted by molar-refractivity contribution is 0.0690. The summed E-state index contributed by atoms with van der Waals surface area (Å²) in [6.07, 6.45) is 17.2. The van der Waals surface area contributed by atoms with Crippen LogP contribution in [0.3, 0.4) is 0 Å². The predicted molar refractivity (Wildman–Crippen MR) is 128 cm³/mol. The number of nitrogens with zero attached hydrogens (tertiary/aromatic N) is 2. The topological polar surface area (TPSA) is 35.0 Å². The standard InChI is InChI=1S/C27H42N2O/c1-4-6-7-8-9-10-11-12-20-27-26(21-22-28-29-27)25-19-14-13-17-24(25)18-15-16-23(3)30-5-2/h13-14,17,19,21-23H,4-12,15-16,18,20H2,1-3H3. The van der Waals surface area contributed by atoms with Crippen LogP contribution in [0.25, 0.3) is 11.1 Å². The van der Waals surface area contributed by atoms with Crippen molar-refractivity contribution in [1.82, 2.24) is 10.2 Å². The molecule has 0 aliphatic rings. The van der Waals surface area contributed by atoms with Crippen LogP contribution >= 0.6 is 0 Å². The molecule has 1 heterocycles. The second-order valence-corrected chi connectivity index (χ2v) is 8.43. The van der Waals surface area contributed by atoms with E-state index in [0.29, 0.717) is 6.10 Å². The van der Waals surface area contributed by atoms with Crippen LogP contribution < -0.4 is 0 Å². The Bertz CT molecular complexity index is 701. The molecule has 0 amide bonds. The summed E-state index contributed by atoms with van der Waals surface area (Å²) in [6.45, 7) is 7.31. The summed E-state index contributed by atoms with van der Waals surface area (Å²) in [6, 6.07) is 10.9. The Balaban J connectivity index is 1.91. The number of unbranched alkanes of at least 4 members (excludes halogenated alkanes) is 7. The fourth-order valence-electron chi connectivity index (χ4n) is 4.17. The second-order valence-electron chi connectivity index (χ2n) is 8.43. The van der Waals surface area contributed by atoms with Gasteiger partial charge in [0.15, 0.2) is 0 Å². The van der Waals surface area contributed by atoms with Crippen molar-refractivity contribution in [3.05, 3.63) is 47.8 Å². The largest absolute Gasteiger partial charge is 0.379 e. The molecule has 1 unspecified atom stereocenters. The van der Waals surface area contributed by atoms with Crippen molar-refractivity contribution < 1.29 is 4.74 Å². The van der Waals surface area contributed by atoms with E-state index in [1.165, 1.54) is 68.1 Å². The summed E-state index contributed by atoms with van der Waals surface area (Å²) < 4.78 is 5.69. The van der Waals surface area contributed by atoms with Gasteiger partial charge in [-0.25, -0.2) is 0 Å². The van der Waals surface area contributed by atoms with Crippen molar-refractivity contribution in [2.45, 2.75) is 104 Å². The highest BCUT2D eigenvalue weighted by Crippen LogP contribution is 2.28. The molecule has 1 aromatic heterocycles. The zero-order chi connectivity index (χ0) is 21.4. The number of aromatic nitrogens is 2. The molecule has 2 aromatic rings. The van der Waals surface area contributed by atoms with E-state index in [0.717, 1.165) is 38.0 Å². The van der Waals surface area contributed by atoms with E-state index in [1.54, 1.807) is 0 Å². The van der Waals surface area contributed by atoms with Crippen LogP contribution in [0.1, 0.15) is 96.2 Å². The van der Waals surface area contributed by atoms with E-state index in [1.807, 2.05) is 6.20 Å². The van der Waals surface area contributed by atoms with Crippen molar-refractivity contribution >= 4 is 0 Å². The van der Waals surface area contributed by atoms with Gasteiger partial charge in [-0.1, -0.05) is 76.1 Å². The van der Waals surface area contributed by atoms with E-state index >= 15 is 0 Å². The van der Waals surface area contributed by atoms with Gasteiger partial charge >= 0.3 is 0 Å². The Kier molecular flexibility index (Phi) is 12.4. The lowest BCUT2D eigenvalue weighted by atomic mass is 9.93. The number of hydrogen-bond donors (Lipinski definition) is 0. The van der Waals surface area contributed by atoms with Crippen LogP contribution in [0.2, 0.25) is 0 Å². The van der Waals surface area contributed by atoms with E-state index in [9.17, 15) is 0 Å². The van der Waals surface area contributed by atoms with Crippen molar-refractivity contribution in [3.63, 3.8) is 0 Å². The quantitative estimate of drug-likeness (QED) is 0.268. The molecule has 3 nitrogen and oxygen atoms in total. The van der Waals surface area contributed by atoms with E-state index in [4.69, 9.17) is 4.74 Å². The molecule has 0 aliphatic heterocycles. The molecule has 1 aromatic carbocycles. The first-order chi connectivity index (χ1) is 14.8. The van der Waals surface area contributed by atoms with Gasteiger partial charge in [0, 0.05) is 12.2 Å². The molecule has 0 saturated heterocycles. The number of rotatable bonds is 16. The van der Waals surface area contributed by atoms with Crippen LogP contribution in [0.4, 0.5) is 0 Å². The average molecular weight is 411 g/mol. The summed E-state index contributed by atoms with van der Waals surface area (Å²) in [5, 5.41) is 8.71. The van der Waals surface area contributed by atoms with Gasteiger partial charge in [-0.05, 0) is 63.1 Å². The van der Waals surface area contributed by atoms with Gasteiger partial charge in [-0.2, -0.15) is 10.2 Å². The van der Waals surface area contributed by atoms with Gasteiger partial charge in [0.25, 0.3) is 0 Å². The molecular weight excluding hydrogens is 368 g/mol. The molecule has 0 radical (unpaired) electrons. The third kappa shape index (κ3) is 8.95. The van der Waals surface area contributed by atoms with Crippen molar-refractivity contribution in [2.24, 2.45) is 0 Å². The number of ether oxygens (including phenoxy) is 1. The van der Waals surface area contributed by atoms with Crippen LogP contribution in [-0.2, 0) is 17.6 Å². The molecule has 30 heavy (non-hydrogen) atoms. The predicted octanol–water partition coefficient (Wildman–Crippen LogP) is 7.57. The first-order valence-electron chi connectivity index (χ1n) is 12.3. The Morgan fingerprint density at radius 1 is 0.800 bits per heavy atom. The first-order valence-corrected chi connectivity index (χ1v) is 12.3. The molecule has 3 heteroatoms. The zero-order valence-corrected chi connectivity index (χ0v) is 19.5. The Morgan fingerprint density at radius 2 is 1.53 bits per heavy atom. The van der Waals surface area contributed by atoms with Crippen molar-refractivity contribution in [3.8, 4) is 11.1 Å². The second kappa shape index (κ2) is 15.1. The normalized spacial score (nSPS) is 12.2. The molecule has 0 bridgehead atoms. The van der Waals surface area contributed by atoms with Gasteiger partial charge in [-0.15, -0.1) is 0 Å². The molecule has 1 atom stereocenters. The molecule has 0 N–H and O–H groups in total. The highest BCUT2D eigenvalue weighted by Gasteiger charge is 2.11. The highest BCUT2D eigenvalue weighted by atomic mass is 16.5. The minimum Gasteiger partial charge on any atom is -0.379 e. The summed E-state index contributed by atoms with van der Waals surface area (Å²) in [7, 11) is 0. The summed E-state index contributed by atoms with van der Waals surface area (Å²) >= 11 is 0. The third-order valence-corrected chi connectivity index (χ3v) is 5.88. The van der Waals surface area contributed by atoms with E-state index in [-0.39, 0.29) is 0 Å². The fraction of sp³-hybridized carbons (Fsp3) is 0.630. The SMILES string of the molecule is CCCCCCCCCCc1nnccc1-c1ccccc1CCCC(C)OCC. The molecule has 0 aliphatic carbocycles. The zero-order valence-electron chi connectivity index (χ0n) is 19.5. The van der Waals surface area contributed by atoms with Crippen LogP contribution in [0.15, 0.2) is 36.5 Å². The summed E-state index contributed by atoms with van der Waals surface area (Å²) in [5.74, 6) is 0. The van der Waals surface area contributed by atoms with E-state index in [2.05, 4.69) is 61.3 Å². The highest BCUT2D eigenvalue weighted by molar-refractivity contribution is 5.69.